The monoisotopic (exact) mass is 183 g/mol. The first-order chi connectivity index (χ1) is 5.85. The number of hydrogen-bond acceptors (Lipinski definition) is 3. The molecule has 0 atom stereocenters. The van der Waals surface area contributed by atoms with Crippen molar-refractivity contribution in [2.24, 2.45) is 0 Å². The van der Waals surface area contributed by atoms with Gasteiger partial charge in [0.1, 0.15) is 5.55 Å². The van der Waals surface area contributed by atoms with E-state index in [0.29, 0.717) is 0 Å². The standard InChI is InChI=1S/C7H9N.C2H4OS/c1-8-7-5-3-2-4-6-7;1-3-2-4/h2-6,8H,1H3;2H,1H3. The quantitative estimate of drug-likeness (QED) is 0.711. The second-order valence-corrected chi connectivity index (χ2v) is 2.14. The van der Waals surface area contributed by atoms with E-state index in [4.69, 9.17) is 0 Å². The molecule has 0 bridgehead atoms. The van der Waals surface area contributed by atoms with Gasteiger partial charge in [0, 0.05) is 12.7 Å². The molecule has 0 aromatic heterocycles. The average molecular weight is 183 g/mol. The first-order valence-electron chi connectivity index (χ1n) is 3.54. The molecular formula is C9H13NOS. The molecule has 0 spiro atoms. The molecule has 1 rings (SSSR count). The highest BCUT2D eigenvalue weighted by Gasteiger charge is 1.77. The van der Waals surface area contributed by atoms with Gasteiger partial charge in [-0.15, -0.1) is 0 Å². The molecule has 0 unspecified atom stereocenters. The molecule has 1 aromatic carbocycles. The first-order valence-corrected chi connectivity index (χ1v) is 4.01. The highest BCUT2D eigenvalue weighted by Crippen LogP contribution is 2.01. The topological polar surface area (TPSA) is 21.3 Å². The molecule has 66 valence electrons. The fourth-order valence-electron chi connectivity index (χ4n) is 0.605. The Morgan fingerprint density at radius 1 is 1.33 bits per heavy atom. The van der Waals surface area contributed by atoms with Gasteiger partial charge in [-0.1, -0.05) is 18.2 Å². The van der Waals surface area contributed by atoms with Gasteiger partial charge < -0.3 is 10.1 Å². The molecule has 1 aromatic rings. The Bertz CT molecular complexity index is 201. The zero-order chi connectivity index (χ0) is 9.23. The van der Waals surface area contributed by atoms with Crippen LogP contribution in [0.4, 0.5) is 5.69 Å². The molecule has 2 nitrogen and oxygen atoms in total. The van der Waals surface area contributed by atoms with Crippen molar-refractivity contribution >= 4 is 23.5 Å². The highest BCUT2D eigenvalue weighted by atomic mass is 32.1. The SMILES string of the molecule is CNc1ccccc1.COC=S. The number of thiocarbonyl (C=S) groups is 1. The number of nitrogens with one attached hydrogen (secondary N) is 1. The Balaban J connectivity index is 0.000000261. The molecule has 0 fully saturated rings. The highest BCUT2D eigenvalue weighted by molar-refractivity contribution is 7.78. The minimum atomic E-state index is 1.16. The average Bonchev–Trinajstić information content (AvgIpc) is 2.19. The first kappa shape index (κ1) is 10.9. The lowest BCUT2D eigenvalue weighted by Crippen LogP contribution is -1.84. The normalized spacial score (nSPS) is 7.50. The maximum atomic E-state index is 4.23. The third kappa shape index (κ3) is 5.68. The summed E-state index contributed by atoms with van der Waals surface area (Å²) in [6.07, 6.45) is 0. The lowest BCUT2D eigenvalue weighted by atomic mass is 10.3. The molecule has 0 saturated carbocycles. The van der Waals surface area contributed by atoms with Crippen LogP contribution in [-0.4, -0.2) is 19.7 Å². The van der Waals surface area contributed by atoms with Crippen LogP contribution in [0, 0.1) is 0 Å². The van der Waals surface area contributed by atoms with Crippen molar-refractivity contribution in [1.82, 2.24) is 0 Å². The van der Waals surface area contributed by atoms with Crippen molar-refractivity contribution in [3.8, 4) is 0 Å². The second-order valence-electron chi connectivity index (χ2n) is 1.95. The van der Waals surface area contributed by atoms with Crippen LogP contribution in [0.5, 0.6) is 0 Å². The number of rotatable bonds is 2. The van der Waals surface area contributed by atoms with Crippen LogP contribution in [0.1, 0.15) is 0 Å². The molecule has 0 aliphatic heterocycles. The van der Waals surface area contributed by atoms with Crippen molar-refractivity contribution in [3.63, 3.8) is 0 Å². The van der Waals surface area contributed by atoms with E-state index in [1.807, 2.05) is 37.4 Å². The van der Waals surface area contributed by atoms with Crippen LogP contribution in [-0.2, 0) is 4.74 Å². The largest absolute Gasteiger partial charge is 0.493 e. The zero-order valence-electron chi connectivity index (χ0n) is 7.28. The minimum absolute atomic E-state index is 1.16. The fraction of sp³-hybridized carbons (Fsp3) is 0.222. The van der Waals surface area contributed by atoms with Gasteiger partial charge in [0.25, 0.3) is 0 Å². The summed E-state index contributed by atoms with van der Waals surface area (Å²) < 4.78 is 4.23. The van der Waals surface area contributed by atoms with Gasteiger partial charge in [0.15, 0.2) is 0 Å². The summed E-state index contributed by atoms with van der Waals surface area (Å²) in [4.78, 5) is 0. The molecule has 3 heteroatoms. The Morgan fingerprint density at radius 3 is 2.08 bits per heavy atom. The van der Waals surface area contributed by atoms with E-state index >= 15 is 0 Å². The predicted molar refractivity (Wildman–Crippen MR) is 56.7 cm³/mol. The lowest BCUT2D eigenvalue weighted by molar-refractivity contribution is 0.432. The lowest BCUT2D eigenvalue weighted by Gasteiger charge is -1.94. The van der Waals surface area contributed by atoms with Gasteiger partial charge in [-0.3, -0.25) is 0 Å². The van der Waals surface area contributed by atoms with E-state index in [1.54, 1.807) is 0 Å². The molecule has 0 saturated heterocycles. The Labute approximate surface area is 78.6 Å². The van der Waals surface area contributed by atoms with E-state index in [0.717, 1.165) is 5.69 Å². The van der Waals surface area contributed by atoms with Crippen molar-refractivity contribution in [1.29, 1.82) is 0 Å². The van der Waals surface area contributed by atoms with E-state index in [9.17, 15) is 0 Å². The number of ether oxygens (including phenoxy) is 1. The molecular weight excluding hydrogens is 170 g/mol. The van der Waals surface area contributed by atoms with Crippen molar-refractivity contribution in [3.05, 3.63) is 30.3 Å². The van der Waals surface area contributed by atoms with Crippen LogP contribution in [0.25, 0.3) is 0 Å². The van der Waals surface area contributed by atoms with Gasteiger partial charge >= 0.3 is 0 Å². The Morgan fingerprint density at radius 2 is 1.83 bits per heavy atom. The summed E-state index contributed by atoms with van der Waals surface area (Å²) in [7, 11) is 3.43. The Hall–Kier alpha value is -1.09. The summed E-state index contributed by atoms with van der Waals surface area (Å²) >= 11 is 4.21. The number of benzene rings is 1. The maximum Gasteiger partial charge on any atom is 0.145 e. The van der Waals surface area contributed by atoms with Gasteiger partial charge in [-0.25, -0.2) is 0 Å². The van der Waals surface area contributed by atoms with Crippen molar-refractivity contribution in [2.45, 2.75) is 0 Å². The summed E-state index contributed by atoms with van der Waals surface area (Å²) in [5.74, 6) is 0. The summed E-state index contributed by atoms with van der Waals surface area (Å²) in [5, 5.41) is 3.03. The van der Waals surface area contributed by atoms with Crippen LogP contribution in [0.15, 0.2) is 30.3 Å². The van der Waals surface area contributed by atoms with Gasteiger partial charge in [-0.2, -0.15) is 0 Å². The van der Waals surface area contributed by atoms with Crippen LogP contribution in [0.2, 0.25) is 0 Å². The summed E-state index contributed by atoms with van der Waals surface area (Å²) in [6, 6.07) is 10.1. The minimum Gasteiger partial charge on any atom is -0.493 e. The molecule has 0 radical (unpaired) electrons. The number of methoxy groups -OCH3 is 1. The second kappa shape index (κ2) is 8.01. The van der Waals surface area contributed by atoms with Gasteiger partial charge in [0.05, 0.1) is 7.11 Å². The van der Waals surface area contributed by atoms with Crippen LogP contribution in [0.3, 0.4) is 0 Å². The molecule has 12 heavy (non-hydrogen) atoms. The van der Waals surface area contributed by atoms with Crippen LogP contribution >= 0.6 is 12.2 Å². The molecule has 0 amide bonds. The zero-order valence-corrected chi connectivity index (χ0v) is 8.10. The Kier molecular flexibility index (Phi) is 7.28. The molecule has 0 heterocycles. The predicted octanol–water partition coefficient (Wildman–Crippen LogP) is 2.32. The fourth-order valence-corrected chi connectivity index (χ4v) is 0.605. The molecule has 0 aliphatic carbocycles. The van der Waals surface area contributed by atoms with Gasteiger partial charge in [0.2, 0.25) is 0 Å². The molecule has 1 N–H and O–H groups in total. The maximum absolute atomic E-state index is 4.23. The van der Waals surface area contributed by atoms with Crippen LogP contribution < -0.4 is 5.32 Å². The summed E-state index contributed by atoms with van der Waals surface area (Å²) in [6.45, 7) is 0. The van der Waals surface area contributed by atoms with E-state index < -0.39 is 0 Å². The third-order valence-corrected chi connectivity index (χ3v) is 1.35. The van der Waals surface area contributed by atoms with E-state index in [1.165, 1.54) is 12.7 Å². The third-order valence-electron chi connectivity index (χ3n) is 1.16. The van der Waals surface area contributed by atoms with Crippen molar-refractivity contribution in [2.75, 3.05) is 19.5 Å². The smallest absolute Gasteiger partial charge is 0.145 e. The number of anilines is 1. The van der Waals surface area contributed by atoms with Gasteiger partial charge in [-0.05, 0) is 24.4 Å². The number of hydrogen-bond donors (Lipinski definition) is 1. The van der Waals surface area contributed by atoms with E-state index in [-0.39, 0.29) is 0 Å². The summed E-state index contributed by atoms with van der Waals surface area (Å²) in [5.41, 5.74) is 2.37. The number of para-hydroxylation sites is 1. The van der Waals surface area contributed by atoms with Crippen molar-refractivity contribution < 1.29 is 4.74 Å². The van der Waals surface area contributed by atoms with E-state index in [2.05, 4.69) is 22.3 Å². The molecule has 0 aliphatic rings.